The number of guanidine groups is 1. The van der Waals surface area contributed by atoms with Crippen molar-refractivity contribution in [1.82, 2.24) is 25.4 Å². The van der Waals surface area contributed by atoms with Gasteiger partial charge in [0.1, 0.15) is 12.7 Å². The Balaban J connectivity index is 1.86. The molecule has 8 heteroatoms. The largest absolute Gasteiger partial charge is 0.494 e. The highest BCUT2D eigenvalue weighted by atomic mass is 19.1. The fourth-order valence-electron chi connectivity index (χ4n) is 2.50. The first-order valence-corrected chi connectivity index (χ1v) is 8.84. The topological polar surface area (TPSA) is 76.4 Å². The molecular formula is C18H27FN6O. The number of nitrogens with zero attached hydrogens (tertiary/aromatic N) is 4. The highest BCUT2D eigenvalue weighted by Crippen LogP contribution is 2.21. The second-order valence-corrected chi connectivity index (χ2v) is 5.93. The lowest BCUT2D eigenvalue weighted by molar-refractivity contribution is 0.386. The van der Waals surface area contributed by atoms with Crippen molar-refractivity contribution in [2.45, 2.75) is 39.3 Å². The van der Waals surface area contributed by atoms with Crippen LogP contribution in [-0.2, 0) is 6.54 Å². The van der Waals surface area contributed by atoms with E-state index in [4.69, 9.17) is 4.74 Å². The Morgan fingerprint density at radius 2 is 2.08 bits per heavy atom. The minimum Gasteiger partial charge on any atom is -0.494 e. The van der Waals surface area contributed by atoms with Crippen LogP contribution >= 0.6 is 0 Å². The average molecular weight is 362 g/mol. The predicted molar refractivity (Wildman–Crippen MR) is 99.7 cm³/mol. The Morgan fingerprint density at radius 1 is 1.31 bits per heavy atom. The number of ether oxygens (including phenoxy) is 1. The van der Waals surface area contributed by atoms with Crippen molar-refractivity contribution in [2.75, 3.05) is 20.2 Å². The summed E-state index contributed by atoms with van der Waals surface area (Å²) in [7, 11) is 1.46. The number of aliphatic imine (C=N–C) groups is 1. The van der Waals surface area contributed by atoms with E-state index in [9.17, 15) is 4.39 Å². The number of benzene rings is 1. The van der Waals surface area contributed by atoms with Gasteiger partial charge in [0.2, 0.25) is 0 Å². The molecule has 0 radical (unpaired) electrons. The van der Waals surface area contributed by atoms with E-state index in [0.717, 1.165) is 37.5 Å². The van der Waals surface area contributed by atoms with E-state index in [1.165, 1.54) is 13.2 Å². The van der Waals surface area contributed by atoms with Crippen molar-refractivity contribution in [3.05, 3.63) is 42.2 Å². The molecule has 2 aromatic rings. The first-order chi connectivity index (χ1) is 12.6. The molecule has 26 heavy (non-hydrogen) atoms. The summed E-state index contributed by atoms with van der Waals surface area (Å²) >= 11 is 0. The number of rotatable bonds is 9. The molecule has 0 aliphatic rings. The normalized spacial score (nSPS) is 12.7. The summed E-state index contributed by atoms with van der Waals surface area (Å²) in [6, 6.07) is 4.89. The van der Waals surface area contributed by atoms with Crippen LogP contribution in [0.5, 0.6) is 5.75 Å². The first kappa shape index (κ1) is 19.7. The zero-order valence-corrected chi connectivity index (χ0v) is 15.6. The van der Waals surface area contributed by atoms with Crippen LogP contribution in [0.3, 0.4) is 0 Å². The Kier molecular flexibility index (Phi) is 7.85. The molecule has 0 bridgehead atoms. The molecule has 1 atom stereocenters. The van der Waals surface area contributed by atoms with E-state index in [1.807, 2.05) is 24.5 Å². The molecule has 0 saturated carbocycles. The molecule has 0 fully saturated rings. The number of methoxy groups -OCH3 is 1. The maximum absolute atomic E-state index is 13.9. The Hall–Kier alpha value is -2.64. The summed E-state index contributed by atoms with van der Waals surface area (Å²) in [5, 5.41) is 14.1. The van der Waals surface area contributed by atoms with Gasteiger partial charge in [-0.3, -0.25) is 4.99 Å². The number of hydrogen-bond donors (Lipinski definition) is 2. The molecule has 1 heterocycles. The fourth-order valence-corrected chi connectivity index (χ4v) is 2.50. The molecule has 1 aromatic carbocycles. The summed E-state index contributed by atoms with van der Waals surface area (Å²) in [5.74, 6) is 0.602. The molecule has 0 aliphatic carbocycles. The van der Waals surface area contributed by atoms with Gasteiger partial charge in [0.25, 0.3) is 0 Å². The van der Waals surface area contributed by atoms with E-state index in [0.29, 0.717) is 6.54 Å². The SMILES string of the molecule is CCNC(=NCCCCn1cnnc1)NC(C)c1ccc(OC)c(F)c1. The highest BCUT2D eigenvalue weighted by Gasteiger charge is 2.11. The van der Waals surface area contributed by atoms with E-state index < -0.39 is 0 Å². The Bertz CT molecular complexity index is 689. The van der Waals surface area contributed by atoms with Crippen LogP contribution in [0.4, 0.5) is 4.39 Å². The summed E-state index contributed by atoms with van der Waals surface area (Å²) in [6.45, 7) is 6.34. The number of halogens is 1. The van der Waals surface area contributed by atoms with Gasteiger partial charge in [-0.25, -0.2) is 4.39 Å². The lowest BCUT2D eigenvalue weighted by Crippen LogP contribution is -2.38. The van der Waals surface area contributed by atoms with Gasteiger partial charge < -0.3 is 19.9 Å². The lowest BCUT2D eigenvalue weighted by atomic mass is 10.1. The maximum atomic E-state index is 13.9. The summed E-state index contributed by atoms with van der Waals surface area (Å²) in [6.07, 6.45) is 5.38. The van der Waals surface area contributed by atoms with E-state index in [1.54, 1.807) is 18.7 Å². The number of nitrogens with one attached hydrogen (secondary N) is 2. The second kappa shape index (κ2) is 10.4. The zero-order valence-electron chi connectivity index (χ0n) is 15.6. The maximum Gasteiger partial charge on any atom is 0.191 e. The zero-order chi connectivity index (χ0) is 18.8. The van der Waals surface area contributed by atoms with Gasteiger partial charge in [0.05, 0.1) is 13.2 Å². The number of aryl methyl sites for hydroxylation is 1. The lowest BCUT2D eigenvalue weighted by Gasteiger charge is -2.18. The fraction of sp³-hybridized carbons (Fsp3) is 0.500. The van der Waals surface area contributed by atoms with Crippen molar-refractivity contribution < 1.29 is 9.13 Å². The number of aromatic nitrogens is 3. The number of unbranched alkanes of at least 4 members (excludes halogenated alkanes) is 1. The third-order valence-electron chi connectivity index (χ3n) is 3.93. The molecule has 0 saturated heterocycles. The van der Waals surface area contributed by atoms with Crippen LogP contribution in [0, 0.1) is 5.82 Å². The molecule has 142 valence electrons. The van der Waals surface area contributed by atoms with E-state index in [2.05, 4.69) is 25.8 Å². The van der Waals surface area contributed by atoms with E-state index >= 15 is 0 Å². The monoisotopic (exact) mass is 362 g/mol. The van der Waals surface area contributed by atoms with Gasteiger partial charge in [-0.05, 0) is 44.4 Å². The third-order valence-corrected chi connectivity index (χ3v) is 3.93. The molecule has 1 unspecified atom stereocenters. The molecule has 1 aromatic heterocycles. The molecule has 2 N–H and O–H groups in total. The molecule has 2 rings (SSSR count). The van der Waals surface area contributed by atoms with Crippen LogP contribution in [0.1, 0.15) is 38.3 Å². The van der Waals surface area contributed by atoms with Crippen LogP contribution in [0.15, 0.2) is 35.8 Å². The predicted octanol–water partition coefficient (Wildman–Crippen LogP) is 2.52. The molecule has 7 nitrogen and oxygen atoms in total. The number of hydrogen-bond acceptors (Lipinski definition) is 4. The van der Waals surface area contributed by atoms with Crippen LogP contribution < -0.4 is 15.4 Å². The van der Waals surface area contributed by atoms with Gasteiger partial charge in [0, 0.05) is 19.6 Å². The van der Waals surface area contributed by atoms with Crippen LogP contribution in [0.25, 0.3) is 0 Å². The summed E-state index contributed by atoms with van der Waals surface area (Å²) in [5.41, 5.74) is 0.835. The van der Waals surface area contributed by atoms with Crippen LogP contribution in [0.2, 0.25) is 0 Å². The molecular weight excluding hydrogens is 335 g/mol. The van der Waals surface area contributed by atoms with Gasteiger partial charge >= 0.3 is 0 Å². The summed E-state index contributed by atoms with van der Waals surface area (Å²) in [4.78, 5) is 4.59. The molecule has 0 spiro atoms. The molecule has 0 aliphatic heterocycles. The van der Waals surface area contributed by atoms with Crippen molar-refractivity contribution in [3.63, 3.8) is 0 Å². The Labute approximate surface area is 153 Å². The smallest absolute Gasteiger partial charge is 0.191 e. The van der Waals surface area contributed by atoms with Crippen LogP contribution in [-0.4, -0.2) is 40.9 Å². The minimum absolute atomic E-state index is 0.0785. The standard InChI is InChI=1S/C18H27FN6O/c1-4-20-18(21-9-5-6-10-25-12-22-23-13-25)24-14(2)15-7-8-17(26-3)16(19)11-15/h7-8,11-14H,4-6,9-10H2,1-3H3,(H2,20,21,24). The highest BCUT2D eigenvalue weighted by molar-refractivity contribution is 5.80. The van der Waals surface area contributed by atoms with Crippen molar-refractivity contribution in [2.24, 2.45) is 4.99 Å². The van der Waals surface area contributed by atoms with Gasteiger partial charge in [-0.15, -0.1) is 10.2 Å². The second-order valence-electron chi connectivity index (χ2n) is 5.93. The van der Waals surface area contributed by atoms with E-state index in [-0.39, 0.29) is 17.6 Å². The van der Waals surface area contributed by atoms with Gasteiger partial charge in [0.15, 0.2) is 17.5 Å². The first-order valence-electron chi connectivity index (χ1n) is 8.84. The Morgan fingerprint density at radius 3 is 2.73 bits per heavy atom. The van der Waals surface area contributed by atoms with Gasteiger partial charge in [-0.1, -0.05) is 6.07 Å². The molecule has 0 amide bonds. The summed E-state index contributed by atoms with van der Waals surface area (Å²) < 4.78 is 20.8. The van der Waals surface area contributed by atoms with Crippen molar-refractivity contribution in [3.8, 4) is 5.75 Å². The third kappa shape index (κ3) is 6.02. The van der Waals surface area contributed by atoms with Crippen molar-refractivity contribution >= 4 is 5.96 Å². The average Bonchev–Trinajstić information content (AvgIpc) is 3.14. The minimum atomic E-state index is -0.366. The van der Waals surface area contributed by atoms with Crippen molar-refractivity contribution in [1.29, 1.82) is 0 Å². The quantitative estimate of drug-likeness (QED) is 0.407. The van der Waals surface area contributed by atoms with Gasteiger partial charge in [-0.2, -0.15) is 0 Å².